The molecule has 3 aromatic rings. The highest BCUT2D eigenvalue weighted by Crippen LogP contribution is 2.28. The highest BCUT2D eigenvalue weighted by atomic mass is 16.3. The summed E-state index contributed by atoms with van der Waals surface area (Å²) < 4.78 is 0. The Morgan fingerprint density at radius 2 is 1.52 bits per heavy atom. The lowest BCUT2D eigenvalue weighted by molar-refractivity contribution is 0.475. The first-order valence-electron chi connectivity index (χ1n) is 6.81. The highest BCUT2D eigenvalue weighted by molar-refractivity contribution is 5.74. The van der Waals surface area contributed by atoms with Crippen LogP contribution in [0, 0.1) is 0 Å². The van der Waals surface area contributed by atoms with Gasteiger partial charge in [0, 0.05) is 12.6 Å². The van der Waals surface area contributed by atoms with Gasteiger partial charge in [-0.25, -0.2) is 4.98 Å². The number of pyridine rings is 1. The molecule has 3 nitrogen and oxygen atoms in total. The molecule has 0 amide bonds. The van der Waals surface area contributed by atoms with Gasteiger partial charge in [-0.1, -0.05) is 42.5 Å². The molecule has 0 unspecified atom stereocenters. The van der Waals surface area contributed by atoms with E-state index in [2.05, 4.69) is 16.4 Å². The maximum Gasteiger partial charge on any atom is 0.126 e. The zero-order valence-electron chi connectivity index (χ0n) is 11.7. The Kier molecular flexibility index (Phi) is 3.56. The minimum atomic E-state index is 0.268. The lowest BCUT2D eigenvalue weighted by atomic mass is 10.0. The Morgan fingerprint density at radius 3 is 2.19 bits per heavy atom. The predicted molar refractivity (Wildman–Crippen MR) is 86.3 cm³/mol. The van der Waals surface area contributed by atoms with Crippen molar-refractivity contribution in [2.45, 2.75) is 0 Å². The van der Waals surface area contributed by atoms with Gasteiger partial charge in [0.2, 0.25) is 0 Å². The summed E-state index contributed by atoms with van der Waals surface area (Å²) in [7, 11) is 1.86. The predicted octanol–water partition coefficient (Wildman–Crippen LogP) is 4.16. The maximum atomic E-state index is 9.41. The van der Waals surface area contributed by atoms with Crippen LogP contribution in [-0.2, 0) is 0 Å². The molecule has 0 bridgehead atoms. The molecule has 0 saturated carbocycles. The largest absolute Gasteiger partial charge is 0.508 e. The molecule has 0 spiro atoms. The molecule has 0 atom stereocenters. The summed E-state index contributed by atoms with van der Waals surface area (Å²) in [6, 6.07) is 21.3. The molecule has 2 N–H and O–H groups in total. The molecule has 0 aliphatic rings. The van der Waals surface area contributed by atoms with Crippen molar-refractivity contribution in [1.29, 1.82) is 0 Å². The van der Waals surface area contributed by atoms with Crippen molar-refractivity contribution < 1.29 is 5.11 Å². The standard InChI is InChI=1S/C18H16N2O/c1-19-18-12-15(13-7-9-16(21)10-8-13)11-17(20-18)14-5-3-2-4-6-14/h2-12,21H,1H3,(H,19,20). The van der Waals surface area contributed by atoms with E-state index in [-0.39, 0.29) is 5.75 Å². The van der Waals surface area contributed by atoms with Gasteiger partial charge in [-0.2, -0.15) is 0 Å². The molecule has 3 heteroatoms. The van der Waals surface area contributed by atoms with Gasteiger partial charge in [0.25, 0.3) is 0 Å². The third kappa shape index (κ3) is 2.87. The summed E-state index contributed by atoms with van der Waals surface area (Å²) in [4.78, 5) is 4.60. The van der Waals surface area contributed by atoms with Gasteiger partial charge >= 0.3 is 0 Å². The number of hydrogen-bond acceptors (Lipinski definition) is 3. The van der Waals surface area contributed by atoms with Gasteiger partial charge < -0.3 is 10.4 Å². The third-order valence-corrected chi connectivity index (χ3v) is 3.35. The number of anilines is 1. The van der Waals surface area contributed by atoms with Crippen LogP contribution in [0.25, 0.3) is 22.4 Å². The lowest BCUT2D eigenvalue weighted by Crippen LogP contribution is -1.95. The van der Waals surface area contributed by atoms with Crippen molar-refractivity contribution in [3.05, 3.63) is 66.7 Å². The zero-order chi connectivity index (χ0) is 14.7. The summed E-state index contributed by atoms with van der Waals surface area (Å²) >= 11 is 0. The van der Waals surface area contributed by atoms with Gasteiger partial charge in [-0.05, 0) is 35.4 Å². The topological polar surface area (TPSA) is 45.1 Å². The Balaban J connectivity index is 2.11. The van der Waals surface area contributed by atoms with E-state index >= 15 is 0 Å². The number of phenolic OH excluding ortho intramolecular Hbond substituents is 1. The van der Waals surface area contributed by atoms with E-state index in [0.717, 1.165) is 28.2 Å². The van der Waals surface area contributed by atoms with Crippen LogP contribution in [0.1, 0.15) is 0 Å². The number of aromatic nitrogens is 1. The van der Waals surface area contributed by atoms with Crippen LogP contribution in [0.2, 0.25) is 0 Å². The zero-order valence-corrected chi connectivity index (χ0v) is 11.7. The number of nitrogens with one attached hydrogen (secondary N) is 1. The Morgan fingerprint density at radius 1 is 0.810 bits per heavy atom. The fraction of sp³-hybridized carbons (Fsp3) is 0.0556. The van der Waals surface area contributed by atoms with Gasteiger partial charge in [0.15, 0.2) is 0 Å². The second-order valence-corrected chi connectivity index (χ2v) is 4.79. The smallest absolute Gasteiger partial charge is 0.126 e. The molecule has 0 aliphatic heterocycles. The molecule has 104 valence electrons. The first kappa shape index (κ1) is 13.2. The van der Waals surface area contributed by atoms with E-state index in [1.807, 2.05) is 55.6 Å². The molecule has 2 aromatic carbocycles. The number of benzene rings is 2. The Labute approximate surface area is 123 Å². The van der Waals surface area contributed by atoms with Crippen molar-refractivity contribution in [3.63, 3.8) is 0 Å². The van der Waals surface area contributed by atoms with E-state index in [1.165, 1.54) is 0 Å². The summed E-state index contributed by atoms with van der Waals surface area (Å²) in [6.07, 6.45) is 0. The lowest BCUT2D eigenvalue weighted by Gasteiger charge is -2.09. The minimum absolute atomic E-state index is 0.268. The number of rotatable bonds is 3. The SMILES string of the molecule is CNc1cc(-c2ccc(O)cc2)cc(-c2ccccc2)n1. The van der Waals surface area contributed by atoms with Crippen molar-refractivity contribution >= 4 is 5.82 Å². The molecule has 0 radical (unpaired) electrons. The van der Waals surface area contributed by atoms with Crippen molar-refractivity contribution in [2.75, 3.05) is 12.4 Å². The maximum absolute atomic E-state index is 9.41. The van der Waals surface area contributed by atoms with Gasteiger partial charge in [-0.3, -0.25) is 0 Å². The van der Waals surface area contributed by atoms with E-state index in [9.17, 15) is 5.11 Å². The molecule has 21 heavy (non-hydrogen) atoms. The molecular weight excluding hydrogens is 260 g/mol. The molecule has 3 rings (SSSR count). The average Bonchev–Trinajstić information content (AvgIpc) is 2.56. The van der Waals surface area contributed by atoms with Gasteiger partial charge in [0.1, 0.15) is 11.6 Å². The molecule has 0 aliphatic carbocycles. The summed E-state index contributed by atoms with van der Waals surface area (Å²) in [6.45, 7) is 0. The van der Waals surface area contributed by atoms with Gasteiger partial charge in [0.05, 0.1) is 5.69 Å². The number of phenols is 1. The fourth-order valence-corrected chi connectivity index (χ4v) is 2.24. The fourth-order valence-electron chi connectivity index (χ4n) is 2.24. The van der Waals surface area contributed by atoms with Crippen LogP contribution in [0.3, 0.4) is 0 Å². The summed E-state index contributed by atoms with van der Waals surface area (Å²) in [5, 5.41) is 12.5. The van der Waals surface area contributed by atoms with Crippen molar-refractivity contribution in [2.24, 2.45) is 0 Å². The second-order valence-electron chi connectivity index (χ2n) is 4.79. The average molecular weight is 276 g/mol. The van der Waals surface area contributed by atoms with E-state index in [4.69, 9.17) is 0 Å². The first-order chi connectivity index (χ1) is 10.3. The third-order valence-electron chi connectivity index (χ3n) is 3.35. The second kappa shape index (κ2) is 5.67. The Bertz CT molecular complexity index is 737. The number of nitrogens with zero attached hydrogens (tertiary/aromatic N) is 1. The van der Waals surface area contributed by atoms with Crippen LogP contribution in [0.4, 0.5) is 5.82 Å². The molecule has 1 aromatic heterocycles. The number of aromatic hydroxyl groups is 1. The first-order valence-corrected chi connectivity index (χ1v) is 6.81. The molecule has 0 fully saturated rings. The molecule has 0 saturated heterocycles. The van der Waals surface area contributed by atoms with E-state index in [0.29, 0.717) is 0 Å². The van der Waals surface area contributed by atoms with Crippen LogP contribution in [-0.4, -0.2) is 17.1 Å². The Hall–Kier alpha value is -2.81. The monoisotopic (exact) mass is 276 g/mol. The van der Waals surface area contributed by atoms with Gasteiger partial charge in [-0.15, -0.1) is 0 Å². The number of hydrogen-bond donors (Lipinski definition) is 2. The molecular formula is C18H16N2O. The quantitative estimate of drug-likeness (QED) is 0.755. The van der Waals surface area contributed by atoms with Crippen molar-refractivity contribution in [3.8, 4) is 28.1 Å². The van der Waals surface area contributed by atoms with E-state index < -0.39 is 0 Å². The summed E-state index contributed by atoms with van der Waals surface area (Å²) in [5.74, 6) is 1.09. The molecule has 1 heterocycles. The van der Waals surface area contributed by atoms with Crippen molar-refractivity contribution in [1.82, 2.24) is 4.98 Å². The van der Waals surface area contributed by atoms with Crippen LogP contribution in [0.5, 0.6) is 5.75 Å². The van der Waals surface area contributed by atoms with Crippen LogP contribution in [0.15, 0.2) is 66.7 Å². The highest BCUT2D eigenvalue weighted by Gasteiger charge is 2.06. The van der Waals surface area contributed by atoms with Crippen LogP contribution >= 0.6 is 0 Å². The van der Waals surface area contributed by atoms with Crippen LogP contribution < -0.4 is 5.32 Å². The van der Waals surface area contributed by atoms with E-state index in [1.54, 1.807) is 12.1 Å². The minimum Gasteiger partial charge on any atom is -0.508 e. The summed E-state index contributed by atoms with van der Waals surface area (Å²) in [5.41, 5.74) is 4.11. The normalized spacial score (nSPS) is 10.3.